The lowest BCUT2D eigenvalue weighted by molar-refractivity contribution is -0.117. The molecule has 4 nitrogen and oxygen atoms in total. The highest BCUT2D eigenvalue weighted by molar-refractivity contribution is 6.01. The molecule has 0 fully saturated rings. The summed E-state index contributed by atoms with van der Waals surface area (Å²) in [5, 5.41) is 12.1. The van der Waals surface area contributed by atoms with Gasteiger partial charge in [-0.3, -0.25) is 4.79 Å². The Kier molecular flexibility index (Phi) is 7.34. The van der Waals surface area contributed by atoms with E-state index in [9.17, 15) is 14.4 Å². The van der Waals surface area contributed by atoms with Crippen LogP contribution in [0, 0.1) is 17.1 Å². The van der Waals surface area contributed by atoms with E-state index in [0.717, 1.165) is 16.7 Å². The number of hydrogen-bond donors (Lipinski definition) is 1. The maximum absolute atomic E-state index is 12.9. The molecule has 1 amide bonds. The predicted octanol–water partition coefficient (Wildman–Crippen LogP) is 4.67. The van der Waals surface area contributed by atoms with Gasteiger partial charge in [0.2, 0.25) is 0 Å². The Morgan fingerprint density at radius 3 is 2.33 bits per heavy atom. The fraction of sp³-hybridized carbons (Fsp3) is 0.120. The molecule has 150 valence electrons. The van der Waals surface area contributed by atoms with Gasteiger partial charge in [0.15, 0.2) is 0 Å². The third-order valence-corrected chi connectivity index (χ3v) is 4.42. The minimum Gasteiger partial charge on any atom is -0.489 e. The normalized spacial score (nSPS) is 10.9. The lowest BCUT2D eigenvalue weighted by Crippen LogP contribution is -2.26. The van der Waals surface area contributed by atoms with Crippen molar-refractivity contribution in [1.82, 2.24) is 5.32 Å². The molecule has 0 heterocycles. The highest BCUT2D eigenvalue weighted by atomic mass is 19.1. The SMILES string of the molecule is N#CC(=Cc1ccc(OCc2ccc(F)cc2)cc1)C(=O)NCCc1ccccc1. The van der Waals surface area contributed by atoms with Crippen LogP contribution in [0.5, 0.6) is 5.75 Å². The molecular weight excluding hydrogens is 379 g/mol. The van der Waals surface area contributed by atoms with Crippen LogP contribution in [0.1, 0.15) is 16.7 Å². The van der Waals surface area contributed by atoms with E-state index >= 15 is 0 Å². The van der Waals surface area contributed by atoms with Crippen LogP contribution in [0.4, 0.5) is 4.39 Å². The largest absolute Gasteiger partial charge is 0.489 e. The Hall–Kier alpha value is -3.91. The van der Waals surface area contributed by atoms with Crippen LogP contribution in [0.2, 0.25) is 0 Å². The van der Waals surface area contributed by atoms with Gasteiger partial charge < -0.3 is 10.1 Å². The number of nitrogens with one attached hydrogen (secondary N) is 1. The van der Waals surface area contributed by atoms with Crippen LogP contribution in [-0.4, -0.2) is 12.5 Å². The molecule has 0 saturated carbocycles. The lowest BCUT2D eigenvalue weighted by atomic mass is 10.1. The molecule has 30 heavy (non-hydrogen) atoms. The van der Waals surface area contributed by atoms with Crippen LogP contribution in [-0.2, 0) is 17.8 Å². The molecule has 1 N–H and O–H groups in total. The number of amides is 1. The van der Waals surface area contributed by atoms with Gasteiger partial charge in [-0.1, -0.05) is 54.6 Å². The number of carbonyl (C=O) groups is 1. The summed E-state index contributed by atoms with van der Waals surface area (Å²) in [6, 6.07) is 25.0. The number of nitrogens with zero attached hydrogens (tertiary/aromatic N) is 1. The molecule has 3 aromatic carbocycles. The number of halogens is 1. The zero-order valence-electron chi connectivity index (χ0n) is 16.3. The highest BCUT2D eigenvalue weighted by Gasteiger charge is 2.08. The van der Waals surface area contributed by atoms with Crippen molar-refractivity contribution in [2.24, 2.45) is 0 Å². The molecule has 0 aliphatic rings. The highest BCUT2D eigenvalue weighted by Crippen LogP contribution is 2.16. The Morgan fingerprint density at radius 1 is 0.967 bits per heavy atom. The van der Waals surface area contributed by atoms with E-state index in [1.807, 2.05) is 36.4 Å². The number of carbonyl (C=O) groups excluding carboxylic acids is 1. The molecule has 0 saturated heterocycles. The van der Waals surface area contributed by atoms with Crippen molar-refractivity contribution in [2.75, 3.05) is 6.54 Å². The van der Waals surface area contributed by atoms with Crippen molar-refractivity contribution in [2.45, 2.75) is 13.0 Å². The van der Waals surface area contributed by atoms with Crippen molar-refractivity contribution in [3.05, 3.63) is 107 Å². The first-order valence-corrected chi connectivity index (χ1v) is 9.55. The van der Waals surface area contributed by atoms with Crippen LogP contribution >= 0.6 is 0 Å². The topological polar surface area (TPSA) is 62.1 Å². The summed E-state index contributed by atoms with van der Waals surface area (Å²) in [4.78, 5) is 12.3. The summed E-state index contributed by atoms with van der Waals surface area (Å²) in [7, 11) is 0. The van der Waals surface area contributed by atoms with E-state index in [1.165, 1.54) is 12.1 Å². The molecule has 0 bridgehead atoms. The first-order valence-electron chi connectivity index (χ1n) is 9.55. The van der Waals surface area contributed by atoms with E-state index in [0.29, 0.717) is 25.3 Å². The summed E-state index contributed by atoms with van der Waals surface area (Å²) < 4.78 is 18.6. The standard InChI is InChI=1S/C25H21FN2O2/c26-23-10-6-21(7-11-23)18-30-24-12-8-20(9-13-24)16-22(17-27)25(29)28-15-14-19-4-2-1-3-5-19/h1-13,16H,14-15,18H2,(H,28,29). The maximum atomic E-state index is 12.9. The second-order valence-corrected chi connectivity index (χ2v) is 6.65. The minimum atomic E-state index is -0.398. The molecular formula is C25H21FN2O2. The summed E-state index contributed by atoms with van der Waals surface area (Å²) >= 11 is 0. The van der Waals surface area contributed by atoms with Gasteiger partial charge in [-0.2, -0.15) is 5.26 Å². The van der Waals surface area contributed by atoms with E-state index in [4.69, 9.17) is 4.74 Å². The van der Waals surface area contributed by atoms with Gasteiger partial charge in [-0.05, 0) is 53.5 Å². The summed E-state index contributed by atoms with van der Waals surface area (Å²) in [6.07, 6.45) is 2.24. The quantitative estimate of drug-likeness (QED) is 0.441. The molecule has 0 unspecified atom stereocenters. The van der Waals surface area contributed by atoms with E-state index < -0.39 is 5.91 Å². The number of nitriles is 1. The van der Waals surface area contributed by atoms with Gasteiger partial charge in [0, 0.05) is 6.54 Å². The number of rotatable bonds is 8. The number of ether oxygens (including phenoxy) is 1. The minimum absolute atomic E-state index is 0.0445. The van der Waals surface area contributed by atoms with Crippen molar-refractivity contribution >= 4 is 12.0 Å². The fourth-order valence-corrected chi connectivity index (χ4v) is 2.78. The van der Waals surface area contributed by atoms with Crippen molar-refractivity contribution in [3.63, 3.8) is 0 Å². The Labute approximate surface area is 175 Å². The molecule has 0 spiro atoms. The Morgan fingerprint density at radius 2 is 1.67 bits per heavy atom. The van der Waals surface area contributed by atoms with E-state index in [2.05, 4.69) is 5.32 Å². The van der Waals surface area contributed by atoms with Crippen molar-refractivity contribution < 1.29 is 13.9 Å². The third-order valence-electron chi connectivity index (χ3n) is 4.42. The van der Waals surface area contributed by atoms with Gasteiger partial charge in [0.25, 0.3) is 5.91 Å². The van der Waals surface area contributed by atoms with Gasteiger partial charge >= 0.3 is 0 Å². The zero-order valence-corrected chi connectivity index (χ0v) is 16.3. The van der Waals surface area contributed by atoms with E-state index in [-0.39, 0.29) is 11.4 Å². The molecule has 5 heteroatoms. The predicted molar refractivity (Wildman–Crippen MR) is 114 cm³/mol. The first-order chi connectivity index (χ1) is 14.6. The smallest absolute Gasteiger partial charge is 0.261 e. The van der Waals surface area contributed by atoms with Gasteiger partial charge in [-0.15, -0.1) is 0 Å². The molecule has 0 radical (unpaired) electrons. The van der Waals surface area contributed by atoms with Gasteiger partial charge in [0.05, 0.1) is 0 Å². The number of benzene rings is 3. The Bertz CT molecular complexity index is 1040. The molecule has 0 aliphatic carbocycles. The monoisotopic (exact) mass is 400 g/mol. The van der Waals surface area contributed by atoms with Gasteiger partial charge in [0.1, 0.15) is 29.8 Å². The van der Waals surface area contributed by atoms with Crippen molar-refractivity contribution in [3.8, 4) is 11.8 Å². The zero-order chi connectivity index (χ0) is 21.2. The van der Waals surface area contributed by atoms with Gasteiger partial charge in [-0.25, -0.2) is 4.39 Å². The molecule has 3 aromatic rings. The molecule has 0 aliphatic heterocycles. The van der Waals surface area contributed by atoms with E-state index in [1.54, 1.807) is 42.5 Å². The summed E-state index contributed by atoms with van der Waals surface area (Å²) in [5.41, 5.74) is 2.75. The lowest BCUT2D eigenvalue weighted by Gasteiger charge is -2.07. The second-order valence-electron chi connectivity index (χ2n) is 6.65. The van der Waals surface area contributed by atoms with Crippen LogP contribution in [0.25, 0.3) is 6.08 Å². The number of hydrogen-bond acceptors (Lipinski definition) is 3. The molecule has 3 rings (SSSR count). The van der Waals surface area contributed by atoms with Crippen LogP contribution < -0.4 is 10.1 Å². The average Bonchev–Trinajstić information content (AvgIpc) is 2.78. The summed E-state index contributed by atoms with van der Waals surface area (Å²) in [5.74, 6) is -0.0420. The molecule has 0 aromatic heterocycles. The van der Waals surface area contributed by atoms with Crippen molar-refractivity contribution in [1.29, 1.82) is 5.26 Å². The van der Waals surface area contributed by atoms with Crippen LogP contribution in [0.3, 0.4) is 0 Å². The average molecular weight is 400 g/mol. The van der Waals surface area contributed by atoms with Crippen LogP contribution in [0.15, 0.2) is 84.4 Å². The Balaban J connectivity index is 1.53. The second kappa shape index (κ2) is 10.6. The maximum Gasteiger partial charge on any atom is 0.261 e. The third kappa shape index (κ3) is 6.32. The first kappa shape index (κ1) is 20.8. The molecule has 0 atom stereocenters. The summed E-state index contributed by atoms with van der Waals surface area (Å²) in [6.45, 7) is 0.779. The fourth-order valence-electron chi connectivity index (χ4n) is 2.78.